The molecule has 0 spiro atoms. The number of rotatable bonds is 9. The van der Waals surface area contributed by atoms with E-state index in [1.54, 1.807) is 23.1 Å². The molecule has 7 nitrogen and oxygen atoms in total. The van der Waals surface area contributed by atoms with E-state index in [2.05, 4.69) is 0 Å². The first-order valence-electron chi connectivity index (χ1n) is 8.93. The Balaban J connectivity index is 2.31. The first-order valence-corrected chi connectivity index (χ1v) is 9.69. The summed E-state index contributed by atoms with van der Waals surface area (Å²) in [4.78, 5) is 27.6. The Morgan fingerprint density at radius 3 is 2.41 bits per heavy atom. The fraction of sp³-hybridized carbons (Fsp3) is 0.350. The van der Waals surface area contributed by atoms with Crippen LogP contribution in [0.1, 0.15) is 22.3 Å². The normalized spacial score (nSPS) is 10.8. The summed E-state index contributed by atoms with van der Waals surface area (Å²) in [7, 11) is 5.26. The molecule has 0 aliphatic carbocycles. The van der Waals surface area contributed by atoms with E-state index < -0.39 is 4.92 Å². The number of methoxy groups -OCH3 is 1. The van der Waals surface area contributed by atoms with Crippen LogP contribution in [0, 0.1) is 10.1 Å². The third-order valence-electron chi connectivity index (χ3n) is 4.30. The Labute approximate surface area is 179 Å². The van der Waals surface area contributed by atoms with Crippen molar-refractivity contribution in [1.29, 1.82) is 0 Å². The number of amides is 1. The number of hydrogen-bond donors (Lipinski definition) is 0. The van der Waals surface area contributed by atoms with Gasteiger partial charge in [-0.25, -0.2) is 0 Å². The first-order chi connectivity index (χ1) is 13.7. The lowest BCUT2D eigenvalue weighted by molar-refractivity contribution is -0.385. The summed E-state index contributed by atoms with van der Waals surface area (Å²) in [5.41, 5.74) is 0.796. The Morgan fingerprint density at radius 1 is 1.10 bits per heavy atom. The van der Waals surface area contributed by atoms with E-state index in [9.17, 15) is 14.9 Å². The standard InChI is InChI=1S/C20H23Cl2N3O4/c1-23(2)9-4-10-24(13-14-5-7-16(21)17(22)11-14)20(26)15-6-8-19(29-3)18(12-15)25(27)28/h5-8,11-12H,4,9-10,13H2,1-3H3. The Kier molecular flexibility index (Phi) is 8.25. The molecule has 2 rings (SSSR count). The number of benzene rings is 2. The molecule has 0 saturated heterocycles. The number of nitro groups is 1. The number of nitrogens with zero attached hydrogens (tertiary/aromatic N) is 3. The SMILES string of the molecule is COc1ccc(C(=O)N(CCCN(C)C)Cc2ccc(Cl)c(Cl)c2)cc1[N+](=O)[O-]. The Hall–Kier alpha value is -2.35. The van der Waals surface area contributed by atoms with Gasteiger partial charge in [-0.05, 0) is 56.9 Å². The van der Waals surface area contributed by atoms with Crippen LogP contribution in [0.15, 0.2) is 36.4 Å². The molecule has 156 valence electrons. The molecule has 0 saturated carbocycles. The number of halogens is 2. The van der Waals surface area contributed by atoms with Crippen LogP contribution in [0.2, 0.25) is 10.0 Å². The average Bonchev–Trinajstić information content (AvgIpc) is 2.68. The highest BCUT2D eigenvalue weighted by Gasteiger charge is 2.22. The second kappa shape index (κ2) is 10.4. The largest absolute Gasteiger partial charge is 0.490 e. The lowest BCUT2D eigenvalue weighted by Gasteiger charge is -2.24. The molecular weight excluding hydrogens is 417 g/mol. The number of hydrogen-bond acceptors (Lipinski definition) is 5. The fourth-order valence-electron chi connectivity index (χ4n) is 2.84. The maximum absolute atomic E-state index is 13.1. The van der Waals surface area contributed by atoms with Gasteiger partial charge in [-0.2, -0.15) is 0 Å². The van der Waals surface area contributed by atoms with Crippen LogP contribution in [0.4, 0.5) is 5.69 Å². The van der Waals surface area contributed by atoms with Crippen LogP contribution < -0.4 is 4.74 Å². The van der Waals surface area contributed by atoms with Crippen LogP contribution >= 0.6 is 23.2 Å². The van der Waals surface area contributed by atoms with E-state index in [1.807, 2.05) is 19.0 Å². The maximum atomic E-state index is 13.1. The molecule has 1 amide bonds. The van der Waals surface area contributed by atoms with Gasteiger partial charge in [0, 0.05) is 24.7 Å². The molecule has 0 aliphatic heterocycles. The summed E-state index contributed by atoms with van der Waals surface area (Å²) in [5.74, 6) is -0.198. The summed E-state index contributed by atoms with van der Waals surface area (Å²) < 4.78 is 5.01. The lowest BCUT2D eigenvalue weighted by atomic mass is 10.1. The number of ether oxygens (including phenoxy) is 1. The van der Waals surface area contributed by atoms with Crippen molar-refractivity contribution >= 4 is 34.8 Å². The van der Waals surface area contributed by atoms with E-state index in [-0.39, 0.29) is 22.9 Å². The van der Waals surface area contributed by atoms with Crippen molar-refractivity contribution in [2.24, 2.45) is 0 Å². The van der Waals surface area contributed by atoms with Gasteiger partial charge in [0.1, 0.15) is 0 Å². The summed E-state index contributed by atoms with van der Waals surface area (Å²) in [6.07, 6.45) is 0.748. The van der Waals surface area contributed by atoms with Crippen LogP contribution in [-0.2, 0) is 6.54 Å². The minimum absolute atomic E-state index is 0.107. The molecule has 2 aromatic carbocycles. The Bertz CT molecular complexity index is 890. The molecule has 0 bridgehead atoms. The first kappa shape index (κ1) is 22.9. The van der Waals surface area contributed by atoms with Crippen molar-refractivity contribution in [2.45, 2.75) is 13.0 Å². The molecule has 0 heterocycles. The molecule has 0 unspecified atom stereocenters. The highest BCUT2D eigenvalue weighted by molar-refractivity contribution is 6.42. The minimum atomic E-state index is -0.565. The summed E-state index contributed by atoms with van der Waals surface area (Å²) in [6, 6.07) is 9.41. The topological polar surface area (TPSA) is 75.9 Å². The highest BCUT2D eigenvalue weighted by atomic mass is 35.5. The van der Waals surface area contributed by atoms with E-state index in [4.69, 9.17) is 27.9 Å². The summed E-state index contributed by atoms with van der Waals surface area (Å²) >= 11 is 12.1. The van der Waals surface area contributed by atoms with Gasteiger partial charge in [0.25, 0.3) is 5.91 Å². The van der Waals surface area contributed by atoms with Gasteiger partial charge in [-0.15, -0.1) is 0 Å². The summed E-state index contributed by atoms with van der Waals surface area (Å²) in [6.45, 7) is 1.59. The van der Waals surface area contributed by atoms with Gasteiger partial charge in [0.2, 0.25) is 0 Å². The second-order valence-electron chi connectivity index (χ2n) is 6.78. The maximum Gasteiger partial charge on any atom is 0.311 e. The van der Waals surface area contributed by atoms with Gasteiger partial charge >= 0.3 is 5.69 Å². The van der Waals surface area contributed by atoms with Gasteiger partial charge in [0.05, 0.1) is 22.1 Å². The number of carbonyl (C=O) groups excluding carboxylic acids is 1. The van der Waals surface area contributed by atoms with E-state index >= 15 is 0 Å². The van der Waals surface area contributed by atoms with Gasteiger partial charge in [-0.3, -0.25) is 14.9 Å². The predicted octanol–water partition coefficient (Wildman–Crippen LogP) is 4.50. The van der Waals surface area contributed by atoms with Gasteiger partial charge < -0.3 is 14.5 Å². The molecule has 0 fully saturated rings. The van der Waals surface area contributed by atoms with Crippen molar-refractivity contribution in [1.82, 2.24) is 9.80 Å². The third kappa shape index (κ3) is 6.32. The quantitative estimate of drug-likeness (QED) is 0.424. The minimum Gasteiger partial charge on any atom is -0.490 e. The second-order valence-corrected chi connectivity index (χ2v) is 7.59. The predicted molar refractivity (Wildman–Crippen MR) is 114 cm³/mol. The number of carbonyl (C=O) groups is 1. The van der Waals surface area contributed by atoms with Crippen LogP contribution in [-0.4, -0.2) is 54.9 Å². The number of nitro benzene ring substituents is 1. The zero-order valence-corrected chi connectivity index (χ0v) is 18.0. The van der Waals surface area contributed by atoms with Crippen molar-refractivity contribution in [2.75, 3.05) is 34.3 Å². The molecular formula is C20H23Cl2N3O4. The van der Waals surface area contributed by atoms with Crippen LogP contribution in [0.5, 0.6) is 5.75 Å². The van der Waals surface area contributed by atoms with Crippen molar-refractivity contribution in [3.63, 3.8) is 0 Å². The van der Waals surface area contributed by atoms with E-state index in [0.717, 1.165) is 18.5 Å². The molecule has 2 aromatic rings. The molecule has 0 N–H and O–H groups in total. The van der Waals surface area contributed by atoms with Crippen LogP contribution in [0.3, 0.4) is 0 Å². The van der Waals surface area contributed by atoms with Gasteiger partial charge in [-0.1, -0.05) is 29.3 Å². The molecule has 0 radical (unpaired) electrons. The zero-order valence-electron chi connectivity index (χ0n) is 16.5. The third-order valence-corrected chi connectivity index (χ3v) is 5.04. The molecule has 9 heteroatoms. The fourth-order valence-corrected chi connectivity index (χ4v) is 3.16. The lowest BCUT2D eigenvalue weighted by Crippen LogP contribution is -2.33. The van der Waals surface area contributed by atoms with Gasteiger partial charge in [0.15, 0.2) is 5.75 Å². The molecule has 29 heavy (non-hydrogen) atoms. The summed E-state index contributed by atoms with van der Waals surface area (Å²) in [5, 5.41) is 12.1. The van der Waals surface area contributed by atoms with E-state index in [1.165, 1.54) is 25.3 Å². The average molecular weight is 440 g/mol. The molecule has 0 atom stereocenters. The van der Waals surface area contributed by atoms with Crippen molar-refractivity contribution in [3.05, 3.63) is 67.7 Å². The van der Waals surface area contributed by atoms with Crippen molar-refractivity contribution < 1.29 is 14.5 Å². The van der Waals surface area contributed by atoms with Crippen LogP contribution in [0.25, 0.3) is 0 Å². The Morgan fingerprint density at radius 2 is 1.83 bits per heavy atom. The molecule has 0 aliphatic rings. The van der Waals surface area contributed by atoms with Crippen molar-refractivity contribution in [3.8, 4) is 5.75 Å². The molecule has 0 aromatic heterocycles. The van der Waals surface area contributed by atoms with E-state index in [0.29, 0.717) is 23.1 Å². The zero-order chi connectivity index (χ0) is 21.6. The highest BCUT2D eigenvalue weighted by Crippen LogP contribution is 2.29. The monoisotopic (exact) mass is 439 g/mol. The smallest absolute Gasteiger partial charge is 0.311 e.